The lowest BCUT2D eigenvalue weighted by atomic mass is 9.91. The molecular formula is C15H13BrN2O2. The second-order valence-electron chi connectivity index (χ2n) is 4.57. The Morgan fingerprint density at radius 2 is 2.20 bits per heavy atom. The highest BCUT2D eigenvalue weighted by Crippen LogP contribution is 2.38. The first-order valence-electron chi connectivity index (χ1n) is 6.26. The van der Waals surface area contributed by atoms with Gasteiger partial charge in [-0.15, -0.1) is 0 Å². The third-order valence-electron chi connectivity index (χ3n) is 3.39. The Morgan fingerprint density at radius 1 is 1.35 bits per heavy atom. The lowest BCUT2D eigenvalue weighted by Gasteiger charge is -2.28. The number of carbonyl (C=O) groups excluding carboxylic acids is 1. The monoisotopic (exact) mass is 332 g/mol. The van der Waals surface area contributed by atoms with Gasteiger partial charge >= 0.3 is 0 Å². The van der Waals surface area contributed by atoms with E-state index in [1.165, 1.54) is 0 Å². The van der Waals surface area contributed by atoms with Crippen LogP contribution < -0.4 is 10.1 Å². The van der Waals surface area contributed by atoms with Gasteiger partial charge in [-0.2, -0.15) is 0 Å². The molecule has 3 rings (SSSR count). The lowest BCUT2D eigenvalue weighted by Crippen LogP contribution is -2.36. The summed E-state index contributed by atoms with van der Waals surface area (Å²) in [6.45, 7) is 0. The van der Waals surface area contributed by atoms with E-state index >= 15 is 0 Å². The molecule has 1 aromatic carbocycles. The number of amides is 1. The first-order chi connectivity index (χ1) is 9.70. The summed E-state index contributed by atoms with van der Waals surface area (Å²) < 4.78 is 6.38. The Balaban J connectivity index is 2.21. The van der Waals surface area contributed by atoms with Crippen LogP contribution in [0.5, 0.6) is 5.75 Å². The average Bonchev–Trinajstić information content (AvgIpc) is 2.48. The fourth-order valence-corrected chi connectivity index (χ4v) is 2.99. The smallest absolute Gasteiger partial charge is 0.225 e. The Labute approximate surface area is 125 Å². The van der Waals surface area contributed by atoms with Crippen molar-refractivity contribution in [2.24, 2.45) is 0 Å². The normalized spacial score (nSPS) is 17.3. The number of ether oxygens (including phenoxy) is 1. The summed E-state index contributed by atoms with van der Waals surface area (Å²) in [7, 11) is 1.63. The fourth-order valence-electron chi connectivity index (χ4n) is 2.50. The van der Waals surface area contributed by atoms with Crippen molar-refractivity contribution in [3.63, 3.8) is 0 Å². The Morgan fingerprint density at radius 3 is 2.90 bits per heavy atom. The molecule has 0 spiro atoms. The molecule has 2 heterocycles. The molecule has 0 aliphatic carbocycles. The van der Waals surface area contributed by atoms with Crippen LogP contribution in [-0.2, 0) is 11.2 Å². The van der Waals surface area contributed by atoms with Gasteiger partial charge in [-0.25, -0.2) is 0 Å². The van der Waals surface area contributed by atoms with Crippen LogP contribution in [0.25, 0.3) is 0 Å². The largest absolute Gasteiger partial charge is 0.496 e. The van der Waals surface area contributed by atoms with Crippen molar-refractivity contribution in [2.45, 2.75) is 12.5 Å². The molecule has 1 amide bonds. The number of rotatable bonds is 2. The van der Waals surface area contributed by atoms with E-state index in [-0.39, 0.29) is 11.9 Å². The molecule has 0 fully saturated rings. The summed E-state index contributed by atoms with van der Waals surface area (Å²) in [6.07, 6.45) is 2.07. The van der Waals surface area contributed by atoms with Crippen LogP contribution in [0.4, 0.5) is 0 Å². The zero-order chi connectivity index (χ0) is 14.1. The number of hydrogen-bond acceptors (Lipinski definition) is 3. The number of methoxy groups -OCH3 is 1. The Hall–Kier alpha value is -1.88. The van der Waals surface area contributed by atoms with Crippen LogP contribution in [0.2, 0.25) is 0 Å². The van der Waals surface area contributed by atoms with Crippen molar-refractivity contribution in [2.75, 3.05) is 7.11 Å². The van der Waals surface area contributed by atoms with Crippen molar-refractivity contribution in [3.05, 3.63) is 57.8 Å². The predicted octanol–water partition coefficient (Wildman–Crippen LogP) is 2.61. The lowest BCUT2D eigenvalue weighted by molar-refractivity contribution is -0.121. The number of benzene rings is 1. The van der Waals surface area contributed by atoms with Crippen molar-refractivity contribution >= 4 is 21.8 Å². The molecule has 0 bridgehead atoms. The number of carbonyl (C=O) groups is 1. The van der Waals surface area contributed by atoms with Crippen LogP contribution >= 0.6 is 15.9 Å². The standard InChI is InChI=1S/C15H13BrN2O2/c1-20-12-6-5-10(16)9-8-13(19)18-15(14(9)12)11-4-2-3-7-17-11/h2-7,15H,8H2,1H3,(H,18,19). The van der Waals surface area contributed by atoms with Gasteiger partial charge < -0.3 is 10.1 Å². The summed E-state index contributed by atoms with van der Waals surface area (Å²) in [5.74, 6) is 0.751. The van der Waals surface area contributed by atoms with Crippen molar-refractivity contribution < 1.29 is 9.53 Å². The van der Waals surface area contributed by atoms with Gasteiger partial charge in [-0.1, -0.05) is 22.0 Å². The molecule has 1 unspecified atom stereocenters. The molecule has 20 heavy (non-hydrogen) atoms. The third-order valence-corrected chi connectivity index (χ3v) is 4.14. The van der Waals surface area contributed by atoms with Gasteiger partial charge in [0, 0.05) is 16.2 Å². The maximum absolute atomic E-state index is 12.0. The molecule has 1 atom stereocenters. The third kappa shape index (κ3) is 2.18. The van der Waals surface area contributed by atoms with Gasteiger partial charge in [0.25, 0.3) is 0 Å². The second-order valence-corrected chi connectivity index (χ2v) is 5.43. The van der Waals surface area contributed by atoms with E-state index in [1.807, 2.05) is 30.3 Å². The van der Waals surface area contributed by atoms with Crippen molar-refractivity contribution in [3.8, 4) is 5.75 Å². The quantitative estimate of drug-likeness (QED) is 0.919. The highest BCUT2D eigenvalue weighted by atomic mass is 79.9. The first kappa shape index (κ1) is 13.1. The number of nitrogens with zero attached hydrogens (tertiary/aromatic N) is 1. The van der Waals surface area contributed by atoms with E-state index in [4.69, 9.17) is 4.74 Å². The molecule has 0 saturated heterocycles. The van der Waals surface area contributed by atoms with Crippen LogP contribution in [0.1, 0.15) is 22.9 Å². The van der Waals surface area contributed by atoms with Gasteiger partial charge in [0.2, 0.25) is 5.91 Å². The predicted molar refractivity (Wildman–Crippen MR) is 78.6 cm³/mol. The minimum absolute atomic E-state index is 0.0119. The number of aromatic nitrogens is 1. The Kier molecular flexibility index (Phi) is 3.44. The van der Waals surface area contributed by atoms with Gasteiger partial charge in [-0.3, -0.25) is 9.78 Å². The molecule has 102 valence electrons. The number of nitrogens with one attached hydrogen (secondary N) is 1. The molecule has 0 radical (unpaired) electrons. The van der Waals surface area contributed by atoms with E-state index in [0.717, 1.165) is 27.0 Å². The van der Waals surface area contributed by atoms with Gasteiger partial charge in [0.1, 0.15) is 11.8 Å². The number of hydrogen-bond donors (Lipinski definition) is 1. The van der Waals surface area contributed by atoms with Crippen LogP contribution in [0.15, 0.2) is 41.0 Å². The van der Waals surface area contributed by atoms with Crippen molar-refractivity contribution in [1.82, 2.24) is 10.3 Å². The number of fused-ring (bicyclic) bond motifs is 1. The molecule has 1 aromatic heterocycles. The van der Waals surface area contributed by atoms with Crippen molar-refractivity contribution in [1.29, 1.82) is 0 Å². The summed E-state index contributed by atoms with van der Waals surface area (Å²) in [5, 5.41) is 2.99. The Bertz CT molecular complexity index is 658. The highest BCUT2D eigenvalue weighted by Gasteiger charge is 2.31. The average molecular weight is 333 g/mol. The molecule has 2 aromatic rings. The molecule has 1 aliphatic heterocycles. The van der Waals surface area contributed by atoms with Crippen LogP contribution in [0.3, 0.4) is 0 Å². The maximum atomic E-state index is 12.0. The minimum atomic E-state index is -0.278. The van der Waals surface area contributed by atoms with E-state index in [2.05, 4.69) is 26.2 Å². The molecule has 1 aliphatic rings. The second kappa shape index (κ2) is 5.25. The van der Waals surface area contributed by atoms with E-state index in [1.54, 1.807) is 13.3 Å². The summed E-state index contributed by atoms with van der Waals surface area (Å²) in [6, 6.07) is 9.20. The van der Waals surface area contributed by atoms with Gasteiger partial charge in [-0.05, 0) is 29.8 Å². The first-order valence-corrected chi connectivity index (χ1v) is 7.05. The van der Waals surface area contributed by atoms with Gasteiger partial charge in [0.05, 0.1) is 19.2 Å². The fraction of sp³-hybridized carbons (Fsp3) is 0.200. The SMILES string of the molecule is COc1ccc(Br)c2c1C(c1ccccn1)NC(=O)C2. The molecule has 5 heteroatoms. The molecule has 1 N–H and O–H groups in total. The van der Waals surface area contributed by atoms with E-state index in [9.17, 15) is 4.79 Å². The minimum Gasteiger partial charge on any atom is -0.496 e. The summed E-state index contributed by atoms with van der Waals surface area (Å²) >= 11 is 3.52. The number of halogens is 1. The van der Waals surface area contributed by atoms with Crippen LogP contribution in [0, 0.1) is 0 Å². The summed E-state index contributed by atoms with van der Waals surface area (Å²) in [5.41, 5.74) is 2.74. The summed E-state index contributed by atoms with van der Waals surface area (Å²) in [4.78, 5) is 16.3. The van der Waals surface area contributed by atoms with Gasteiger partial charge in [0.15, 0.2) is 0 Å². The molecule has 0 saturated carbocycles. The van der Waals surface area contributed by atoms with E-state index < -0.39 is 0 Å². The molecular weight excluding hydrogens is 320 g/mol. The molecule has 4 nitrogen and oxygen atoms in total. The topological polar surface area (TPSA) is 51.2 Å². The van der Waals surface area contributed by atoms with E-state index in [0.29, 0.717) is 6.42 Å². The highest BCUT2D eigenvalue weighted by molar-refractivity contribution is 9.10. The van der Waals surface area contributed by atoms with Crippen LogP contribution in [-0.4, -0.2) is 18.0 Å². The zero-order valence-corrected chi connectivity index (χ0v) is 12.5. The zero-order valence-electron chi connectivity index (χ0n) is 10.9. The maximum Gasteiger partial charge on any atom is 0.225 e. The number of pyridine rings is 1.